The molecule has 0 atom stereocenters. The average molecular weight is 307 g/mol. The first kappa shape index (κ1) is 13.8. The van der Waals surface area contributed by atoms with Crippen molar-refractivity contribution < 1.29 is 9.59 Å². The van der Waals surface area contributed by atoms with E-state index >= 15 is 0 Å². The number of nitrogens with one attached hydrogen (secondary N) is 1. The molecular weight excluding hydrogens is 295 g/mol. The largest absolute Gasteiger partial charge is 0.355 e. The number of amides is 1. The average Bonchev–Trinajstić information content (AvgIpc) is 2.50. The van der Waals surface area contributed by atoms with Gasteiger partial charge >= 0.3 is 0 Å². The van der Waals surface area contributed by atoms with E-state index in [1.165, 1.54) is 11.3 Å². The summed E-state index contributed by atoms with van der Waals surface area (Å²) in [6.45, 7) is 1.83. The summed E-state index contributed by atoms with van der Waals surface area (Å²) in [5.74, 6) is -0.146. The van der Waals surface area contributed by atoms with Crippen LogP contribution in [0.4, 0.5) is 0 Å². The van der Waals surface area contributed by atoms with Crippen LogP contribution in [-0.4, -0.2) is 42.8 Å². The third-order valence-electron chi connectivity index (χ3n) is 2.66. The van der Waals surface area contributed by atoms with E-state index in [4.69, 9.17) is 23.2 Å². The van der Waals surface area contributed by atoms with Crippen molar-refractivity contribution in [1.29, 1.82) is 0 Å². The quantitative estimate of drug-likeness (QED) is 0.870. The van der Waals surface area contributed by atoms with Crippen molar-refractivity contribution in [2.75, 3.05) is 26.2 Å². The van der Waals surface area contributed by atoms with Gasteiger partial charge in [-0.3, -0.25) is 14.5 Å². The number of carbonyl (C=O) groups is 2. The van der Waals surface area contributed by atoms with Crippen molar-refractivity contribution in [3.8, 4) is 0 Å². The fourth-order valence-corrected chi connectivity index (χ4v) is 3.32. The van der Waals surface area contributed by atoms with E-state index in [0.29, 0.717) is 20.8 Å². The van der Waals surface area contributed by atoms with Crippen molar-refractivity contribution in [2.45, 2.75) is 6.42 Å². The molecule has 1 saturated heterocycles. The first-order valence-electron chi connectivity index (χ1n) is 5.53. The molecule has 0 aliphatic carbocycles. The Bertz CT molecular complexity index is 476. The summed E-state index contributed by atoms with van der Waals surface area (Å²) in [6.07, 6.45) is 0.844. The Labute approximate surface area is 119 Å². The number of carbonyl (C=O) groups excluding carboxylic acids is 2. The Morgan fingerprint density at radius 1 is 1.50 bits per heavy atom. The van der Waals surface area contributed by atoms with E-state index in [0.717, 1.165) is 13.0 Å². The maximum absolute atomic E-state index is 12.1. The minimum absolute atomic E-state index is 0.0465. The lowest BCUT2D eigenvalue weighted by atomic mass is 10.2. The number of halogens is 2. The van der Waals surface area contributed by atoms with Gasteiger partial charge in [0.15, 0.2) is 5.78 Å². The highest BCUT2D eigenvalue weighted by Crippen LogP contribution is 2.31. The molecule has 2 heterocycles. The van der Waals surface area contributed by atoms with Gasteiger partial charge in [-0.15, -0.1) is 11.3 Å². The number of nitrogens with zero attached hydrogens (tertiary/aromatic N) is 1. The molecule has 1 aromatic rings. The van der Waals surface area contributed by atoms with Gasteiger partial charge < -0.3 is 5.32 Å². The van der Waals surface area contributed by atoms with Crippen molar-refractivity contribution in [3.05, 3.63) is 20.3 Å². The lowest BCUT2D eigenvalue weighted by molar-refractivity contribution is -0.121. The highest BCUT2D eigenvalue weighted by molar-refractivity contribution is 7.20. The predicted molar refractivity (Wildman–Crippen MR) is 72.7 cm³/mol. The van der Waals surface area contributed by atoms with E-state index in [2.05, 4.69) is 5.32 Å². The number of Topliss-reactive ketones (excluding diaryl/α,β-unsaturated/α-hetero) is 1. The van der Waals surface area contributed by atoms with Crippen LogP contribution in [0.3, 0.4) is 0 Å². The predicted octanol–water partition coefficient (Wildman–Crippen LogP) is 2.06. The maximum atomic E-state index is 12.1. The van der Waals surface area contributed by atoms with Crippen LogP contribution in [0.2, 0.25) is 8.67 Å². The van der Waals surface area contributed by atoms with Crippen LogP contribution in [0.1, 0.15) is 16.8 Å². The van der Waals surface area contributed by atoms with Crippen molar-refractivity contribution >= 4 is 46.2 Å². The monoisotopic (exact) mass is 306 g/mol. The zero-order valence-electron chi connectivity index (χ0n) is 9.54. The summed E-state index contributed by atoms with van der Waals surface area (Å²) in [4.78, 5) is 25.3. The van der Waals surface area contributed by atoms with Crippen LogP contribution in [-0.2, 0) is 4.79 Å². The zero-order chi connectivity index (χ0) is 13.1. The number of hydrogen-bond acceptors (Lipinski definition) is 4. The molecule has 18 heavy (non-hydrogen) atoms. The molecule has 0 unspecified atom stereocenters. The van der Waals surface area contributed by atoms with Crippen LogP contribution in [0.5, 0.6) is 0 Å². The van der Waals surface area contributed by atoms with Gasteiger partial charge in [-0.05, 0) is 12.5 Å². The van der Waals surface area contributed by atoms with Gasteiger partial charge in [-0.25, -0.2) is 0 Å². The number of thiophene rings is 1. The van der Waals surface area contributed by atoms with Gasteiger partial charge in [0.1, 0.15) is 4.34 Å². The molecule has 1 aromatic heterocycles. The van der Waals surface area contributed by atoms with E-state index in [1.54, 1.807) is 6.07 Å². The minimum Gasteiger partial charge on any atom is -0.355 e. The lowest BCUT2D eigenvalue weighted by Crippen LogP contribution is -2.36. The molecule has 1 aliphatic rings. The van der Waals surface area contributed by atoms with E-state index in [9.17, 15) is 9.59 Å². The fraction of sp³-hybridized carbons (Fsp3) is 0.455. The molecule has 2 rings (SSSR count). The number of hydrogen-bond donors (Lipinski definition) is 1. The van der Waals surface area contributed by atoms with E-state index in [1.807, 2.05) is 4.90 Å². The van der Waals surface area contributed by atoms with E-state index < -0.39 is 0 Å². The Hall–Kier alpha value is -0.620. The second-order valence-electron chi connectivity index (χ2n) is 4.08. The van der Waals surface area contributed by atoms with Crippen molar-refractivity contribution in [2.24, 2.45) is 0 Å². The topological polar surface area (TPSA) is 49.4 Å². The summed E-state index contributed by atoms with van der Waals surface area (Å²) in [7, 11) is 0. The Balaban J connectivity index is 2.02. The molecule has 1 amide bonds. The molecule has 0 bridgehead atoms. The van der Waals surface area contributed by atoms with Crippen LogP contribution in [0, 0.1) is 0 Å². The molecule has 0 aromatic carbocycles. The van der Waals surface area contributed by atoms with Crippen molar-refractivity contribution in [3.63, 3.8) is 0 Å². The number of rotatable bonds is 3. The van der Waals surface area contributed by atoms with Crippen molar-refractivity contribution in [1.82, 2.24) is 10.2 Å². The molecule has 4 nitrogen and oxygen atoms in total. The van der Waals surface area contributed by atoms with Crippen LogP contribution in [0.25, 0.3) is 0 Å². The van der Waals surface area contributed by atoms with Crippen LogP contribution >= 0.6 is 34.5 Å². The van der Waals surface area contributed by atoms with Crippen LogP contribution < -0.4 is 5.32 Å². The summed E-state index contributed by atoms with van der Waals surface area (Å²) in [5.41, 5.74) is 0.441. The lowest BCUT2D eigenvalue weighted by Gasteiger charge is -2.16. The second kappa shape index (κ2) is 6.02. The van der Waals surface area contributed by atoms with Gasteiger partial charge in [0.05, 0.1) is 23.0 Å². The summed E-state index contributed by atoms with van der Waals surface area (Å²) in [5, 5.41) is 2.77. The van der Waals surface area contributed by atoms with Gasteiger partial charge in [0, 0.05) is 13.1 Å². The highest BCUT2D eigenvalue weighted by atomic mass is 35.5. The Kier molecular flexibility index (Phi) is 4.61. The first-order chi connectivity index (χ1) is 8.56. The van der Waals surface area contributed by atoms with Gasteiger partial charge in [0.2, 0.25) is 5.91 Å². The molecule has 7 heteroatoms. The maximum Gasteiger partial charge on any atom is 0.234 e. The molecule has 0 spiro atoms. The third kappa shape index (κ3) is 3.45. The molecule has 98 valence electrons. The minimum atomic E-state index is -0.0992. The van der Waals surface area contributed by atoms with Gasteiger partial charge in [0.25, 0.3) is 0 Å². The molecule has 0 radical (unpaired) electrons. The summed E-state index contributed by atoms with van der Waals surface area (Å²) < 4.78 is 0.904. The first-order valence-corrected chi connectivity index (χ1v) is 7.10. The summed E-state index contributed by atoms with van der Waals surface area (Å²) in [6, 6.07) is 1.58. The van der Waals surface area contributed by atoms with Crippen LogP contribution in [0.15, 0.2) is 6.07 Å². The Morgan fingerprint density at radius 2 is 2.28 bits per heavy atom. The fourth-order valence-electron chi connectivity index (χ4n) is 1.82. The standard InChI is InChI=1S/C11H12Cl2N2O2S/c12-9-4-7(11(13)18-9)8(16)5-15-3-1-2-14-10(17)6-15/h4H,1-3,5-6H2,(H,14,17). The molecular formula is C11H12Cl2N2O2S. The smallest absolute Gasteiger partial charge is 0.234 e. The zero-order valence-corrected chi connectivity index (χ0v) is 11.9. The molecule has 1 N–H and O–H groups in total. The van der Waals surface area contributed by atoms with Gasteiger partial charge in [-0.1, -0.05) is 23.2 Å². The summed E-state index contributed by atoms with van der Waals surface area (Å²) >= 11 is 12.9. The molecule has 1 fully saturated rings. The molecule has 0 saturated carbocycles. The SMILES string of the molecule is O=C1CN(CC(=O)c2cc(Cl)sc2Cl)CCCN1. The second-order valence-corrected chi connectivity index (χ2v) is 6.36. The van der Waals surface area contributed by atoms with Gasteiger partial charge in [-0.2, -0.15) is 0 Å². The third-order valence-corrected chi connectivity index (χ3v) is 4.15. The normalized spacial score (nSPS) is 17.3. The Morgan fingerprint density at radius 3 is 2.94 bits per heavy atom. The number of ketones is 1. The molecule has 1 aliphatic heterocycles. The highest BCUT2D eigenvalue weighted by Gasteiger charge is 2.20. The van der Waals surface area contributed by atoms with E-state index in [-0.39, 0.29) is 24.8 Å².